The lowest BCUT2D eigenvalue weighted by Gasteiger charge is -2.38. The summed E-state index contributed by atoms with van der Waals surface area (Å²) >= 11 is 0. The van der Waals surface area contributed by atoms with E-state index in [9.17, 15) is 9.59 Å². The topological polar surface area (TPSA) is 108 Å². The van der Waals surface area contributed by atoms with Crippen molar-refractivity contribution in [1.82, 2.24) is 20.1 Å². The van der Waals surface area contributed by atoms with Crippen LogP contribution in [0.15, 0.2) is 0 Å². The van der Waals surface area contributed by atoms with Gasteiger partial charge in [-0.2, -0.15) is 0 Å². The molecule has 2 heterocycles. The first-order chi connectivity index (χ1) is 8.76. The van der Waals surface area contributed by atoms with Gasteiger partial charge in [0, 0.05) is 13.1 Å². The molecule has 104 valence electrons. The van der Waals surface area contributed by atoms with Gasteiger partial charge in [0.1, 0.15) is 11.4 Å². The second-order valence-corrected chi connectivity index (χ2v) is 5.43. The molecule has 0 saturated carbocycles. The Morgan fingerprint density at radius 3 is 2.53 bits per heavy atom. The van der Waals surface area contributed by atoms with Crippen molar-refractivity contribution in [3.63, 3.8) is 0 Å². The third kappa shape index (κ3) is 3.01. The van der Waals surface area contributed by atoms with Gasteiger partial charge < -0.3 is 14.7 Å². The Balaban J connectivity index is 1.89. The van der Waals surface area contributed by atoms with E-state index < -0.39 is 11.6 Å². The van der Waals surface area contributed by atoms with Crippen LogP contribution < -0.4 is 0 Å². The average molecular weight is 268 g/mol. The highest BCUT2D eigenvalue weighted by atomic mass is 16.6. The molecule has 0 radical (unpaired) electrons. The van der Waals surface area contributed by atoms with Crippen LogP contribution in [-0.4, -0.2) is 55.9 Å². The van der Waals surface area contributed by atoms with Gasteiger partial charge in [-0.1, -0.05) is 0 Å². The van der Waals surface area contributed by atoms with Crippen molar-refractivity contribution in [2.75, 3.05) is 13.1 Å². The van der Waals surface area contributed by atoms with Crippen LogP contribution in [0.5, 0.6) is 0 Å². The molecule has 1 amide bonds. The van der Waals surface area contributed by atoms with Crippen LogP contribution in [0.25, 0.3) is 0 Å². The molecule has 1 fully saturated rings. The molecule has 0 aliphatic carbocycles. The highest BCUT2D eigenvalue weighted by Crippen LogP contribution is 2.26. The van der Waals surface area contributed by atoms with Gasteiger partial charge in [0.2, 0.25) is 0 Å². The molecule has 2 N–H and O–H groups in total. The molecule has 1 saturated heterocycles. The van der Waals surface area contributed by atoms with Gasteiger partial charge in [0.05, 0.1) is 5.92 Å². The third-order valence-corrected chi connectivity index (χ3v) is 2.61. The van der Waals surface area contributed by atoms with Gasteiger partial charge in [0.25, 0.3) is 5.82 Å². The number of hydrogen-bond donors (Lipinski definition) is 2. The second-order valence-electron chi connectivity index (χ2n) is 5.43. The summed E-state index contributed by atoms with van der Waals surface area (Å²) in [6, 6.07) is 0. The summed E-state index contributed by atoms with van der Waals surface area (Å²) in [5, 5.41) is 14.9. The zero-order valence-corrected chi connectivity index (χ0v) is 11.0. The monoisotopic (exact) mass is 268 g/mol. The molecule has 2 rings (SSSR count). The SMILES string of the molecule is CC(C)(C)OC(=O)N1CC(c2nc(C(=O)O)n[nH]2)C1. The smallest absolute Gasteiger partial charge is 0.410 e. The quantitative estimate of drug-likeness (QED) is 0.822. The minimum atomic E-state index is -1.18. The first-order valence-electron chi connectivity index (χ1n) is 5.90. The average Bonchev–Trinajstić information content (AvgIpc) is 2.61. The summed E-state index contributed by atoms with van der Waals surface area (Å²) in [5.74, 6) is -0.970. The molecule has 1 aliphatic rings. The normalized spacial score (nSPS) is 16.1. The van der Waals surface area contributed by atoms with Gasteiger partial charge in [0.15, 0.2) is 0 Å². The van der Waals surface area contributed by atoms with Crippen molar-refractivity contribution in [3.05, 3.63) is 11.6 Å². The number of rotatable bonds is 2. The lowest BCUT2D eigenvalue weighted by molar-refractivity contribution is 0.00750. The molecule has 0 atom stereocenters. The molecule has 0 aromatic carbocycles. The molecule has 0 bridgehead atoms. The number of ether oxygens (including phenoxy) is 1. The zero-order valence-electron chi connectivity index (χ0n) is 11.0. The van der Waals surface area contributed by atoms with E-state index in [0.717, 1.165) is 0 Å². The van der Waals surface area contributed by atoms with Crippen LogP contribution in [0.2, 0.25) is 0 Å². The second kappa shape index (κ2) is 4.52. The van der Waals surface area contributed by atoms with Gasteiger partial charge in [-0.15, -0.1) is 5.10 Å². The number of hydrogen-bond acceptors (Lipinski definition) is 5. The van der Waals surface area contributed by atoms with E-state index in [4.69, 9.17) is 9.84 Å². The Hall–Kier alpha value is -2.12. The molecule has 1 aromatic rings. The summed E-state index contributed by atoms with van der Waals surface area (Å²) in [7, 11) is 0. The molecule has 0 spiro atoms. The molecule has 8 nitrogen and oxygen atoms in total. The van der Waals surface area contributed by atoms with Gasteiger partial charge in [-0.25, -0.2) is 14.6 Å². The zero-order chi connectivity index (χ0) is 14.2. The highest BCUT2D eigenvalue weighted by molar-refractivity contribution is 5.82. The number of aromatic nitrogens is 3. The van der Waals surface area contributed by atoms with Gasteiger partial charge in [-0.05, 0) is 20.8 Å². The maximum Gasteiger partial charge on any atom is 0.410 e. The fourth-order valence-corrected chi connectivity index (χ4v) is 1.68. The first kappa shape index (κ1) is 13.3. The number of carboxylic acids is 1. The molecule has 0 unspecified atom stereocenters. The molecule has 1 aromatic heterocycles. The fourth-order valence-electron chi connectivity index (χ4n) is 1.68. The lowest BCUT2D eigenvalue weighted by Crippen LogP contribution is -2.50. The van der Waals surface area contributed by atoms with Crippen LogP contribution in [0.4, 0.5) is 4.79 Å². The Labute approximate surface area is 109 Å². The fraction of sp³-hybridized carbons (Fsp3) is 0.636. The predicted octanol–water partition coefficient (Wildman–Crippen LogP) is 0.837. The Morgan fingerprint density at radius 1 is 1.42 bits per heavy atom. The van der Waals surface area contributed by atoms with E-state index in [-0.39, 0.29) is 17.8 Å². The van der Waals surface area contributed by atoms with Crippen molar-refractivity contribution in [3.8, 4) is 0 Å². The van der Waals surface area contributed by atoms with Crippen LogP contribution in [0.1, 0.15) is 43.1 Å². The van der Waals surface area contributed by atoms with E-state index in [1.807, 2.05) is 0 Å². The lowest BCUT2D eigenvalue weighted by atomic mass is 10.0. The van der Waals surface area contributed by atoms with Gasteiger partial charge in [-0.3, -0.25) is 5.10 Å². The molecular weight excluding hydrogens is 252 g/mol. The Morgan fingerprint density at radius 2 is 2.05 bits per heavy atom. The van der Waals surface area contributed by atoms with E-state index >= 15 is 0 Å². The number of likely N-dealkylation sites (tertiary alicyclic amines) is 1. The number of carboxylic acid groups (broad SMARTS) is 1. The summed E-state index contributed by atoms with van der Waals surface area (Å²) in [6.07, 6.45) is -0.373. The third-order valence-electron chi connectivity index (χ3n) is 2.61. The van der Waals surface area contributed by atoms with Crippen LogP contribution in [-0.2, 0) is 4.74 Å². The van der Waals surface area contributed by atoms with E-state index in [2.05, 4.69) is 15.2 Å². The van der Waals surface area contributed by atoms with Crippen molar-refractivity contribution in [2.24, 2.45) is 0 Å². The number of nitrogens with zero attached hydrogens (tertiary/aromatic N) is 3. The molecule has 8 heteroatoms. The largest absolute Gasteiger partial charge is 0.475 e. The minimum absolute atomic E-state index is 0.0203. The maximum atomic E-state index is 11.7. The molecule has 1 aliphatic heterocycles. The van der Waals surface area contributed by atoms with Crippen LogP contribution >= 0.6 is 0 Å². The first-order valence-corrected chi connectivity index (χ1v) is 5.90. The van der Waals surface area contributed by atoms with Gasteiger partial charge >= 0.3 is 12.1 Å². The van der Waals surface area contributed by atoms with Crippen molar-refractivity contribution in [1.29, 1.82) is 0 Å². The van der Waals surface area contributed by atoms with E-state index in [1.165, 1.54) is 0 Å². The number of nitrogens with one attached hydrogen (secondary N) is 1. The van der Waals surface area contributed by atoms with Crippen LogP contribution in [0, 0.1) is 0 Å². The van der Waals surface area contributed by atoms with Crippen molar-refractivity contribution < 1.29 is 19.4 Å². The predicted molar refractivity (Wildman–Crippen MR) is 63.9 cm³/mol. The van der Waals surface area contributed by atoms with E-state index in [1.54, 1.807) is 25.7 Å². The van der Waals surface area contributed by atoms with Crippen molar-refractivity contribution in [2.45, 2.75) is 32.3 Å². The van der Waals surface area contributed by atoms with E-state index in [0.29, 0.717) is 18.9 Å². The van der Waals surface area contributed by atoms with Crippen LogP contribution in [0.3, 0.4) is 0 Å². The number of carbonyl (C=O) groups is 2. The molecular formula is C11H16N4O4. The minimum Gasteiger partial charge on any atom is -0.475 e. The maximum absolute atomic E-state index is 11.7. The number of carbonyl (C=O) groups excluding carboxylic acids is 1. The number of aromatic amines is 1. The summed E-state index contributed by atoms with van der Waals surface area (Å²) in [5.41, 5.74) is -0.523. The summed E-state index contributed by atoms with van der Waals surface area (Å²) < 4.78 is 5.22. The van der Waals surface area contributed by atoms with Crippen molar-refractivity contribution >= 4 is 12.1 Å². The number of amides is 1. The summed E-state index contributed by atoms with van der Waals surface area (Å²) in [6.45, 7) is 6.31. The molecule has 19 heavy (non-hydrogen) atoms. The summed E-state index contributed by atoms with van der Waals surface area (Å²) in [4.78, 5) is 27.7. The Kier molecular flexibility index (Phi) is 3.17. The number of aromatic carboxylic acids is 1. The highest BCUT2D eigenvalue weighted by Gasteiger charge is 2.36. The number of H-pyrrole nitrogens is 1. The standard InChI is InChI=1S/C11H16N4O4/c1-11(2,3)19-10(18)15-4-6(5-15)7-12-8(9(16)17)14-13-7/h6H,4-5H2,1-3H3,(H,16,17)(H,12,13,14). The Bertz CT molecular complexity index is 499.